The van der Waals surface area contributed by atoms with Crippen molar-refractivity contribution in [1.82, 2.24) is 5.32 Å². The first kappa shape index (κ1) is 10.1. The predicted molar refractivity (Wildman–Crippen MR) is 59.7 cm³/mol. The molecule has 1 atom stereocenters. The lowest BCUT2D eigenvalue weighted by atomic mass is 10.1. The number of thiophene rings is 1. The molecule has 2 rings (SSSR count). The maximum absolute atomic E-state index is 5.42. The van der Waals surface area contributed by atoms with Gasteiger partial charge in [-0.15, -0.1) is 11.3 Å². The zero-order valence-corrected chi connectivity index (χ0v) is 9.40. The highest BCUT2D eigenvalue weighted by molar-refractivity contribution is 7.11. The summed E-state index contributed by atoms with van der Waals surface area (Å²) in [6, 6.07) is 4.95. The monoisotopic (exact) mass is 211 g/mol. The molecule has 1 unspecified atom stereocenters. The lowest BCUT2D eigenvalue weighted by Crippen LogP contribution is -2.36. The molecule has 1 aromatic rings. The van der Waals surface area contributed by atoms with Gasteiger partial charge in [-0.1, -0.05) is 0 Å². The van der Waals surface area contributed by atoms with E-state index < -0.39 is 0 Å². The number of ether oxygens (including phenoxy) is 1. The quantitative estimate of drug-likeness (QED) is 0.828. The van der Waals surface area contributed by atoms with E-state index in [1.807, 2.05) is 11.3 Å². The van der Waals surface area contributed by atoms with Gasteiger partial charge in [0.05, 0.1) is 6.61 Å². The van der Waals surface area contributed by atoms with Crippen molar-refractivity contribution in [3.63, 3.8) is 0 Å². The van der Waals surface area contributed by atoms with Crippen LogP contribution in [0.15, 0.2) is 12.1 Å². The molecule has 1 saturated heterocycles. The summed E-state index contributed by atoms with van der Waals surface area (Å²) in [4.78, 5) is 2.81. The summed E-state index contributed by atoms with van der Waals surface area (Å²) < 4.78 is 5.42. The second-order valence-corrected chi connectivity index (χ2v) is 5.18. The van der Waals surface area contributed by atoms with Crippen molar-refractivity contribution in [3.05, 3.63) is 21.9 Å². The van der Waals surface area contributed by atoms with Crippen LogP contribution < -0.4 is 5.32 Å². The first-order chi connectivity index (χ1) is 6.84. The van der Waals surface area contributed by atoms with Crippen molar-refractivity contribution in [1.29, 1.82) is 0 Å². The van der Waals surface area contributed by atoms with Gasteiger partial charge in [0.2, 0.25) is 0 Å². The normalized spacial score (nSPS) is 22.5. The van der Waals surface area contributed by atoms with E-state index in [0.29, 0.717) is 6.04 Å². The van der Waals surface area contributed by atoms with Crippen LogP contribution in [0.5, 0.6) is 0 Å². The fourth-order valence-corrected chi connectivity index (χ4v) is 2.57. The molecule has 0 bridgehead atoms. The van der Waals surface area contributed by atoms with Gasteiger partial charge in [-0.25, -0.2) is 0 Å². The first-order valence-corrected chi connectivity index (χ1v) is 6.03. The Bertz CT molecular complexity index is 279. The van der Waals surface area contributed by atoms with Gasteiger partial charge in [0.15, 0.2) is 0 Å². The largest absolute Gasteiger partial charge is 0.380 e. The van der Waals surface area contributed by atoms with Gasteiger partial charge in [-0.3, -0.25) is 0 Å². The van der Waals surface area contributed by atoms with E-state index in [0.717, 1.165) is 19.8 Å². The van der Waals surface area contributed by atoms with Crippen LogP contribution in [0.1, 0.15) is 22.6 Å². The summed E-state index contributed by atoms with van der Waals surface area (Å²) >= 11 is 1.87. The molecular formula is C11H17NOS. The van der Waals surface area contributed by atoms with Gasteiger partial charge in [0.1, 0.15) is 0 Å². The number of hydrogen-bond acceptors (Lipinski definition) is 3. The Morgan fingerprint density at radius 3 is 3.14 bits per heavy atom. The van der Waals surface area contributed by atoms with Crippen molar-refractivity contribution in [2.24, 2.45) is 0 Å². The summed E-state index contributed by atoms with van der Waals surface area (Å²) in [6.45, 7) is 4.96. The molecule has 2 nitrogen and oxygen atoms in total. The predicted octanol–water partition coefficient (Wildman–Crippen LogP) is 2.33. The van der Waals surface area contributed by atoms with Crippen molar-refractivity contribution in [3.8, 4) is 0 Å². The van der Waals surface area contributed by atoms with E-state index in [1.165, 1.54) is 22.6 Å². The maximum atomic E-state index is 5.42. The Labute approximate surface area is 89.3 Å². The van der Waals surface area contributed by atoms with E-state index in [9.17, 15) is 0 Å². The minimum Gasteiger partial charge on any atom is -0.380 e. The van der Waals surface area contributed by atoms with Crippen LogP contribution in [0.25, 0.3) is 0 Å². The van der Waals surface area contributed by atoms with Crippen molar-refractivity contribution < 1.29 is 4.74 Å². The molecule has 1 aliphatic heterocycles. The molecule has 2 heterocycles. The maximum Gasteiger partial charge on any atom is 0.0619 e. The highest BCUT2D eigenvalue weighted by Gasteiger charge is 2.12. The molecule has 0 radical (unpaired) electrons. The summed E-state index contributed by atoms with van der Waals surface area (Å²) in [6.07, 6.45) is 2.45. The summed E-state index contributed by atoms with van der Waals surface area (Å²) in [5.74, 6) is 0. The number of nitrogens with one attached hydrogen (secondary N) is 1. The van der Waals surface area contributed by atoms with Crippen LogP contribution in [0, 0.1) is 6.92 Å². The molecule has 78 valence electrons. The van der Waals surface area contributed by atoms with E-state index in [4.69, 9.17) is 4.74 Å². The van der Waals surface area contributed by atoms with E-state index in [2.05, 4.69) is 24.4 Å². The third-order valence-corrected chi connectivity index (χ3v) is 3.52. The van der Waals surface area contributed by atoms with Gasteiger partial charge in [0.25, 0.3) is 0 Å². The number of hydrogen-bond donors (Lipinski definition) is 1. The zero-order chi connectivity index (χ0) is 9.80. The van der Waals surface area contributed by atoms with Gasteiger partial charge in [0, 0.05) is 28.9 Å². The average Bonchev–Trinajstić information content (AvgIpc) is 2.63. The Hall–Kier alpha value is -0.380. The van der Waals surface area contributed by atoms with Crippen LogP contribution in [-0.4, -0.2) is 19.3 Å². The van der Waals surface area contributed by atoms with E-state index in [-0.39, 0.29) is 0 Å². The third kappa shape index (κ3) is 2.80. The Morgan fingerprint density at radius 1 is 1.57 bits per heavy atom. The van der Waals surface area contributed by atoms with Gasteiger partial charge in [-0.2, -0.15) is 0 Å². The number of rotatable bonds is 3. The van der Waals surface area contributed by atoms with Crippen LogP contribution in [0.3, 0.4) is 0 Å². The topological polar surface area (TPSA) is 21.3 Å². The van der Waals surface area contributed by atoms with Gasteiger partial charge in [-0.05, 0) is 31.9 Å². The molecule has 0 spiro atoms. The molecular weight excluding hydrogens is 194 g/mol. The first-order valence-electron chi connectivity index (χ1n) is 5.21. The zero-order valence-electron chi connectivity index (χ0n) is 8.58. The molecule has 1 fully saturated rings. The SMILES string of the molecule is Cc1ccc(CNC2CCCOC2)s1. The van der Waals surface area contributed by atoms with Crippen LogP contribution in [-0.2, 0) is 11.3 Å². The molecule has 0 aromatic carbocycles. The Morgan fingerprint density at radius 2 is 2.50 bits per heavy atom. The molecule has 0 aliphatic carbocycles. The molecule has 1 N–H and O–H groups in total. The smallest absolute Gasteiger partial charge is 0.0619 e. The summed E-state index contributed by atoms with van der Waals surface area (Å²) in [5, 5.41) is 3.54. The third-order valence-electron chi connectivity index (χ3n) is 2.52. The summed E-state index contributed by atoms with van der Waals surface area (Å²) in [5.41, 5.74) is 0. The summed E-state index contributed by atoms with van der Waals surface area (Å²) in [7, 11) is 0. The molecule has 14 heavy (non-hydrogen) atoms. The standard InChI is InChI=1S/C11H17NOS/c1-9-4-5-11(14-9)7-12-10-3-2-6-13-8-10/h4-5,10,12H,2-3,6-8H2,1H3. The highest BCUT2D eigenvalue weighted by atomic mass is 32.1. The average molecular weight is 211 g/mol. The molecule has 0 saturated carbocycles. The second-order valence-electron chi connectivity index (χ2n) is 3.81. The van der Waals surface area contributed by atoms with Crippen LogP contribution in [0.4, 0.5) is 0 Å². The minimum absolute atomic E-state index is 0.561. The van der Waals surface area contributed by atoms with Crippen LogP contribution >= 0.6 is 11.3 Å². The van der Waals surface area contributed by atoms with E-state index in [1.54, 1.807) is 0 Å². The van der Waals surface area contributed by atoms with E-state index >= 15 is 0 Å². The fourth-order valence-electron chi connectivity index (χ4n) is 1.73. The molecule has 1 aliphatic rings. The van der Waals surface area contributed by atoms with Crippen molar-refractivity contribution >= 4 is 11.3 Å². The lowest BCUT2D eigenvalue weighted by molar-refractivity contribution is 0.0700. The fraction of sp³-hybridized carbons (Fsp3) is 0.636. The molecule has 3 heteroatoms. The second kappa shape index (κ2) is 4.91. The Kier molecular flexibility index (Phi) is 3.56. The van der Waals surface area contributed by atoms with Crippen LogP contribution in [0.2, 0.25) is 0 Å². The minimum atomic E-state index is 0.561. The van der Waals surface area contributed by atoms with Crippen molar-refractivity contribution in [2.45, 2.75) is 32.4 Å². The molecule has 0 amide bonds. The number of aryl methyl sites for hydroxylation is 1. The Balaban J connectivity index is 1.76. The van der Waals surface area contributed by atoms with Crippen molar-refractivity contribution in [2.75, 3.05) is 13.2 Å². The molecule has 1 aromatic heterocycles. The van der Waals surface area contributed by atoms with Gasteiger partial charge >= 0.3 is 0 Å². The highest BCUT2D eigenvalue weighted by Crippen LogP contribution is 2.15. The lowest BCUT2D eigenvalue weighted by Gasteiger charge is -2.22. The van der Waals surface area contributed by atoms with Gasteiger partial charge < -0.3 is 10.1 Å².